The standard InChI is InChI=1S/C15H27NO/c1-4-7-15(5-2)9-6-8-14(3)16-10-12-17-13-11-16/h6-8,14H,4-5,9-13H2,1-3H3/b8-6+,15-7+. The molecule has 1 heterocycles. The topological polar surface area (TPSA) is 12.5 Å². The summed E-state index contributed by atoms with van der Waals surface area (Å²) in [5, 5.41) is 0. The van der Waals surface area contributed by atoms with Gasteiger partial charge in [-0.1, -0.05) is 37.6 Å². The summed E-state index contributed by atoms with van der Waals surface area (Å²) in [7, 11) is 0. The number of rotatable bonds is 6. The van der Waals surface area contributed by atoms with Crippen molar-refractivity contribution in [3.63, 3.8) is 0 Å². The van der Waals surface area contributed by atoms with Gasteiger partial charge in [-0.15, -0.1) is 0 Å². The molecule has 0 bridgehead atoms. The van der Waals surface area contributed by atoms with Crippen molar-refractivity contribution < 1.29 is 4.74 Å². The Morgan fingerprint density at radius 3 is 2.59 bits per heavy atom. The van der Waals surface area contributed by atoms with E-state index in [1.807, 2.05) is 0 Å². The zero-order valence-corrected chi connectivity index (χ0v) is 11.6. The smallest absolute Gasteiger partial charge is 0.0594 e. The molecule has 1 atom stereocenters. The molecular formula is C15H27NO. The van der Waals surface area contributed by atoms with Gasteiger partial charge in [-0.2, -0.15) is 0 Å². The number of nitrogens with zero attached hydrogens (tertiary/aromatic N) is 1. The second-order valence-corrected chi connectivity index (χ2v) is 4.65. The lowest BCUT2D eigenvalue weighted by Crippen LogP contribution is -2.41. The molecule has 0 spiro atoms. The van der Waals surface area contributed by atoms with Gasteiger partial charge in [0.2, 0.25) is 0 Å². The Kier molecular flexibility index (Phi) is 7.22. The van der Waals surface area contributed by atoms with Crippen LogP contribution >= 0.6 is 0 Å². The van der Waals surface area contributed by atoms with E-state index >= 15 is 0 Å². The highest BCUT2D eigenvalue weighted by molar-refractivity contribution is 5.08. The highest BCUT2D eigenvalue weighted by Gasteiger charge is 2.14. The molecule has 0 saturated carbocycles. The van der Waals surface area contributed by atoms with Gasteiger partial charge in [0.15, 0.2) is 0 Å². The second-order valence-electron chi connectivity index (χ2n) is 4.65. The maximum absolute atomic E-state index is 5.37. The summed E-state index contributed by atoms with van der Waals surface area (Å²) in [5.41, 5.74) is 1.55. The van der Waals surface area contributed by atoms with Gasteiger partial charge in [-0.3, -0.25) is 4.90 Å². The third kappa shape index (κ3) is 5.51. The van der Waals surface area contributed by atoms with Crippen LogP contribution in [0.5, 0.6) is 0 Å². The van der Waals surface area contributed by atoms with Crippen LogP contribution in [0, 0.1) is 0 Å². The van der Waals surface area contributed by atoms with Gasteiger partial charge in [0.1, 0.15) is 0 Å². The SMILES string of the molecule is CC/C=C(\CC)C/C=C/C(C)N1CCOCC1. The molecular weight excluding hydrogens is 210 g/mol. The van der Waals surface area contributed by atoms with Crippen LogP contribution in [0.15, 0.2) is 23.8 Å². The average Bonchev–Trinajstić information content (AvgIpc) is 2.38. The quantitative estimate of drug-likeness (QED) is 0.656. The molecule has 1 aliphatic heterocycles. The summed E-state index contributed by atoms with van der Waals surface area (Å²) in [6.45, 7) is 10.6. The van der Waals surface area contributed by atoms with Crippen molar-refractivity contribution in [1.29, 1.82) is 0 Å². The Morgan fingerprint density at radius 2 is 2.00 bits per heavy atom. The highest BCUT2D eigenvalue weighted by atomic mass is 16.5. The summed E-state index contributed by atoms with van der Waals surface area (Å²) in [6, 6.07) is 0.540. The average molecular weight is 237 g/mol. The minimum Gasteiger partial charge on any atom is -0.379 e. The molecule has 2 heteroatoms. The summed E-state index contributed by atoms with van der Waals surface area (Å²) in [4.78, 5) is 2.48. The van der Waals surface area contributed by atoms with Crippen molar-refractivity contribution in [3.05, 3.63) is 23.8 Å². The van der Waals surface area contributed by atoms with Crippen LogP contribution in [-0.2, 0) is 4.74 Å². The first-order chi connectivity index (χ1) is 8.27. The number of morpholine rings is 1. The monoisotopic (exact) mass is 237 g/mol. The van der Waals surface area contributed by atoms with Gasteiger partial charge in [0, 0.05) is 19.1 Å². The van der Waals surface area contributed by atoms with Crippen LogP contribution < -0.4 is 0 Å². The molecule has 1 fully saturated rings. The van der Waals surface area contributed by atoms with E-state index in [2.05, 4.69) is 43.9 Å². The van der Waals surface area contributed by atoms with Gasteiger partial charge in [0.25, 0.3) is 0 Å². The Hall–Kier alpha value is -0.600. The van der Waals surface area contributed by atoms with Gasteiger partial charge in [-0.05, 0) is 26.2 Å². The van der Waals surface area contributed by atoms with Gasteiger partial charge in [0.05, 0.1) is 13.2 Å². The first-order valence-corrected chi connectivity index (χ1v) is 6.94. The predicted molar refractivity (Wildman–Crippen MR) is 74.3 cm³/mol. The third-order valence-corrected chi connectivity index (χ3v) is 3.36. The molecule has 0 N–H and O–H groups in total. The van der Waals surface area contributed by atoms with Crippen LogP contribution in [0.3, 0.4) is 0 Å². The fraction of sp³-hybridized carbons (Fsp3) is 0.733. The van der Waals surface area contributed by atoms with Crippen molar-refractivity contribution in [3.8, 4) is 0 Å². The lowest BCUT2D eigenvalue weighted by molar-refractivity contribution is 0.0286. The lowest BCUT2D eigenvalue weighted by atomic mass is 10.1. The Balaban J connectivity index is 2.33. The van der Waals surface area contributed by atoms with Crippen LogP contribution in [0.25, 0.3) is 0 Å². The van der Waals surface area contributed by atoms with E-state index in [4.69, 9.17) is 4.74 Å². The second kappa shape index (κ2) is 8.48. The van der Waals surface area contributed by atoms with Crippen molar-refractivity contribution >= 4 is 0 Å². The van der Waals surface area contributed by atoms with Gasteiger partial charge >= 0.3 is 0 Å². The number of ether oxygens (including phenoxy) is 1. The van der Waals surface area contributed by atoms with E-state index in [-0.39, 0.29) is 0 Å². The molecule has 0 aromatic carbocycles. The maximum Gasteiger partial charge on any atom is 0.0594 e. The van der Waals surface area contributed by atoms with Crippen molar-refractivity contribution in [2.75, 3.05) is 26.3 Å². The minimum absolute atomic E-state index is 0.540. The van der Waals surface area contributed by atoms with Crippen LogP contribution in [0.4, 0.5) is 0 Å². The zero-order valence-electron chi connectivity index (χ0n) is 11.6. The fourth-order valence-corrected chi connectivity index (χ4v) is 2.18. The lowest BCUT2D eigenvalue weighted by Gasteiger charge is -2.30. The summed E-state index contributed by atoms with van der Waals surface area (Å²) >= 11 is 0. The summed E-state index contributed by atoms with van der Waals surface area (Å²) < 4.78 is 5.37. The van der Waals surface area contributed by atoms with Crippen LogP contribution in [0.2, 0.25) is 0 Å². The highest BCUT2D eigenvalue weighted by Crippen LogP contribution is 2.10. The molecule has 0 aliphatic carbocycles. The normalized spacial score (nSPS) is 21.0. The molecule has 1 aliphatic rings. The van der Waals surface area contributed by atoms with E-state index in [1.54, 1.807) is 5.57 Å². The summed E-state index contributed by atoms with van der Waals surface area (Å²) in [5.74, 6) is 0. The molecule has 0 radical (unpaired) electrons. The van der Waals surface area contributed by atoms with Crippen molar-refractivity contribution in [1.82, 2.24) is 4.90 Å². The third-order valence-electron chi connectivity index (χ3n) is 3.36. The van der Waals surface area contributed by atoms with Crippen molar-refractivity contribution in [2.24, 2.45) is 0 Å². The largest absolute Gasteiger partial charge is 0.379 e. The number of hydrogen-bond acceptors (Lipinski definition) is 2. The maximum atomic E-state index is 5.37. The molecule has 17 heavy (non-hydrogen) atoms. The molecule has 0 aromatic heterocycles. The Bertz CT molecular complexity index is 252. The van der Waals surface area contributed by atoms with E-state index < -0.39 is 0 Å². The molecule has 1 unspecified atom stereocenters. The molecule has 2 nitrogen and oxygen atoms in total. The first-order valence-electron chi connectivity index (χ1n) is 6.94. The van der Waals surface area contributed by atoms with E-state index in [0.717, 1.165) is 39.1 Å². The number of allylic oxidation sites excluding steroid dienone is 3. The molecule has 0 aromatic rings. The molecule has 0 amide bonds. The van der Waals surface area contributed by atoms with Gasteiger partial charge in [-0.25, -0.2) is 0 Å². The van der Waals surface area contributed by atoms with Gasteiger partial charge < -0.3 is 4.74 Å². The van der Waals surface area contributed by atoms with E-state index in [0.29, 0.717) is 6.04 Å². The minimum atomic E-state index is 0.540. The zero-order chi connectivity index (χ0) is 12.5. The first kappa shape index (κ1) is 14.5. The molecule has 1 rings (SSSR count). The van der Waals surface area contributed by atoms with E-state index in [1.165, 1.54) is 6.42 Å². The molecule has 1 saturated heterocycles. The van der Waals surface area contributed by atoms with Crippen molar-refractivity contribution in [2.45, 2.75) is 46.1 Å². The van der Waals surface area contributed by atoms with Crippen LogP contribution in [0.1, 0.15) is 40.0 Å². The Morgan fingerprint density at radius 1 is 1.29 bits per heavy atom. The molecule has 98 valence electrons. The fourth-order valence-electron chi connectivity index (χ4n) is 2.18. The van der Waals surface area contributed by atoms with E-state index in [9.17, 15) is 0 Å². The number of hydrogen-bond donors (Lipinski definition) is 0. The predicted octanol–water partition coefficient (Wildman–Crippen LogP) is 3.40. The van der Waals surface area contributed by atoms with Crippen LogP contribution in [-0.4, -0.2) is 37.2 Å². The Labute approximate surface area is 106 Å². The summed E-state index contributed by atoms with van der Waals surface area (Å²) in [6.07, 6.45) is 10.4.